The third-order valence-corrected chi connectivity index (χ3v) is 1.86. The largest absolute Gasteiger partial charge is 0.493 e. The Hall–Kier alpha value is -2.79. The monoisotopic (exact) mass is 260 g/mol. The molecule has 0 aliphatic carbocycles. The molecule has 1 aromatic heterocycles. The van der Waals surface area contributed by atoms with Gasteiger partial charge in [0.1, 0.15) is 6.54 Å². The number of aromatic nitrogens is 3. The molecular weight excluding hydrogens is 252 g/mol. The van der Waals surface area contributed by atoms with Gasteiger partial charge in [0, 0.05) is 12.1 Å². The highest BCUT2D eigenvalue weighted by Gasteiger charge is 2.31. The minimum atomic E-state index is -1.24. The number of hydrogen-bond donors (Lipinski definition) is 1. The van der Waals surface area contributed by atoms with Gasteiger partial charge in [-0.3, -0.25) is 4.79 Å². The molecule has 0 aliphatic heterocycles. The fourth-order valence-corrected chi connectivity index (χ4v) is 1.12. The van der Waals surface area contributed by atoms with Gasteiger partial charge in [0.25, 0.3) is 0 Å². The van der Waals surface area contributed by atoms with Crippen LogP contribution >= 0.6 is 0 Å². The van der Waals surface area contributed by atoms with Crippen molar-refractivity contribution >= 4 is 17.9 Å². The molecule has 0 atom stereocenters. The number of hydrogen-bond acceptors (Lipinski definition) is 7. The van der Waals surface area contributed by atoms with Gasteiger partial charge in [0.15, 0.2) is 5.03 Å². The van der Waals surface area contributed by atoms with Gasteiger partial charge in [0.05, 0.1) is 6.42 Å². The van der Waals surface area contributed by atoms with Crippen molar-refractivity contribution in [2.24, 2.45) is 7.05 Å². The standard InChI is InChI=1S/C6H8N6O6/c1-9-6(7-5(8-9)11(15)16)10(12(17)18)3-2-4(13)14/h2-3H2,1H3,(H,13,14). The average molecular weight is 260 g/mol. The van der Waals surface area contributed by atoms with Crippen molar-refractivity contribution in [1.82, 2.24) is 14.8 Å². The molecule has 12 heteroatoms. The highest BCUT2D eigenvalue weighted by atomic mass is 16.7. The fourth-order valence-electron chi connectivity index (χ4n) is 1.12. The quantitative estimate of drug-likeness (QED) is 0.510. The van der Waals surface area contributed by atoms with Crippen molar-refractivity contribution in [3.63, 3.8) is 0 Å². The summed E-state index contributed by atoms with van der Waals surface area (Å²) in [5.74, 6) is -2.44. The van der Waals surface area contributed by atoms with Crippen LogP contribution in [0.25, 0.3) is 0 Å². The highest BCUT2D eigenvalue weighted by molar-refractivity contribution is 5.67. The maximum Gasteiger partial charge on any atom is 0.493 e. The summed E-state index contributed by atoms with van der Waals surface area (Å²) in [5, 5.41) is 32.4. The van der Waals surface area contributed by atoms with Crippen molar-refractivity contribution in [3.8, 4) is 0 Å². The second-order valence-electron chi connectivity index (χ2n) is 3.10. The first-order valence-corrected chi connectivity index (χ1v) is 4.52. The number of anilines is 1. The molecule has 1 heterocycles. The van der Waals surface area contributed by atoms with Gasteiger partial charge in [-0.15, -0.1) is 0 Å². The van der Waals surface area contributed by atoms with E-state index in [1.807, 2.05) is 0 Å². The van der Waals surface area contributed by atoms with Crippen LogP contribution in [0.1, 0.15) is 6.42 Å². The lowest BCUT2D eigenvalue weighted by molar-refractivity contribution is -0.495. The lowest BCUT2D eigenvalue weighted by Crippen LogP contribution is -2.34. The molecule has 0 aromatic carbocycles. The molecule has 98 valence electrons. The summed E-state index contributed by atoms with van der Waals surface area (Å²) in [6.07, 6.45) is -0.512. The van der Waals surface area contributed by atoms with Crippen LogP contribution in [0.5, 0.6) is 0 Å². The molecule has 0 unspecified atom stereocenters. The zero-order chi connectivity index (χ0) is 13.9. The smallest absolute Gasteiger partial charge is 0.481 e. The van der Waals surface area contributed by atoms with E-state index in [2.05, 4.69) is 10.1 Å². The van der Waals surface area contributed by atoms with Gasteiger partial charge < -0.3 is 15.2 Å². The van der Waals surface area contributed by atoms with E-state index in [-0.39, 0.29) is 0 Å². The molecule has 1 aromatic rings. The van der Waals surface area contributed by atoms with Crippen molar-refractivity contribution in [3.05, 3.63) is 20.2 Å². The highest BCUT2D eigenvalue weighted by Crippen LogP contribution is 2.14. The number of nitro groups is 2. The van der Waals surface area contributed by atoms with Crippen LogP contribution in [-0.2, 0) is 11.8 Å². The Morgan fingerprint density at radius 2 is 2.11 bits per heavy atom. The predicted octanol–water partition coefficient (Wildman–Crippen LogP) is -0.804. The van der Waals surface area contributed by atoms with Gasteiger partial charge in [-0.25, -0.2) is 10.1 Å². The summed E-state index contributed by atoms with van der Waals surface area (Å²) in [7, 11) is 1.23. The van der Waals surface area contributed by atoms with Crippen LogP contribution < -0.4 is 5.01 Å². The van der Waals surface area contributed by atoms with E-state index in [0.29, 0.717) is 5.01 Å². The summed E-state index contributed by atoms with van der Waals surface area (Å²) < 4.78 is 0.836. The second kappa shape index (κ2) is 5.03. The van der Waals surface area contributed by atoms with E-state index in [4.69, 9.17) is 5.11 Å². The van der Waals surface area contributed by atoms with E-state index in [1.165, 1.54) is 7.05 Å². The first-order valence-electron chi connectivity index (χ1n) is 4.52. The molecule has 0 amide bonds. The predicted molar refractivity (Wildman–Crippen MR) is 54.3 cm³/mol. The number of carboxylic acids is 1. The second-order valence-corrected chi connectivity index (χ2v) is 3.10. The molecule has 1 rings (SSSR count). The Labute approximate surface area is 98.7 Å². The Morgan fingerprint density at radius 3 is 2.50 bits per heavy atom. The van der Waals surface area contributed by atoms with Crippen LogP contribution in [-0.4, -0.2) is 42.3 Å². The molecule has 0 radical (unpaired) electrons. The van der Waals surface area contributed by atoms with E-state index < -0.39 is 40.8 Å². The molecule has 0 saturated carbocycles. The Morgan fingerprint density at radius 1 is 1.50 bits per heavy atom. The minimum absolute atomic E-state index is 0.383. The zero-order valence-corrected chi connectivity index (χ0v) is 9.09. The van der Waals surface area contributed by atoms with E-state index in [1.54, 1.807) is 0 Å². The van der Waals surface area contributed by atoms with Gasteiger partial charge in [0.2, 0.25) is 0 Å². The zero-order valence-electron chi connectivity index (χ0n) is 9.09. The van der Waals surface area contributed by atoms with Crippen LogP contribution in [0.4, 0.5) is 11.9 Å². The third kappa shape index (κ3) is 2.87. The van der Waals surface area contributed by atoms with Crippen LogP contribution in [0.15, 0.2) is 0 Å². The average Bonchev–Trinajstić information content (AvgIpc) is 2.60. The number of rotatable bonds is 6. The topological polar surface area (TPSA) is 158 Å². The van der Waals surface area contributed by atoms with E-state index >= 15 is 0 Å². The maximum absolute atomic E-state index is 10.7. The fraction of sp³-hybridized carbons (Fsp3) is 0.500. The molecule has 0 aliphatic rings. The Bertz CT molecular complexity index is 497. The molecule has 0 saturated heterocycles. The number of aryl methyl sites for hydroxylation is 1. The molecule has 12 nitrogen and oxygen atoms in total. The molecule has 0 spiro atoms. The normalized spacial score (nSPS) is 10.1. The Balaban J connectivity index is 3.02. The summed E-state index contributed by atoms with van der Waals surface area (Å²) in [6, 6.07) is 0. The summed E-state index contributed by atoms with van der Waals surface area (Å²) >= 11 is 0. The van der Waals surface area contributed by atoms with Crippen LogP contribution in [0.2, 0.25) is 0 Å². The molecule has 1 N–H and O–H groups in total. The van der Waals surface area contributed by atoms with Crippen molar-refractivity contribution < 1.29 is 19.9 Å². The van der Waals surface area contributed by atoms with Gasteiger partial charge in [-0.1, -0.05) is 0 Å². The SMILES string of the molecule is Cn1nc([N+](=O)[O-])nc1N(CCC(=O)O)[N+](=O)[O-]. The Kier molecular flexibility index (Phi) is 3.71. The molecule has 18 heavy (non-hydrogen) atoms. The lowest BCUT2D eigenvalue weighted by Gasteiger charge is -2.07. The van der Waals surface area contributed by atoms with Crippen molar-refractivity contribution in [2.75, 3.05) is 11.6 Å². The first kappa shape index (κ1) is 13.3. The summed E-state index contributed by atoms with van der Waals surface area (Å²) in [4.78, 5) is 33.9. The minimum Gasteiger partial charge on any atom is -0.481 e. The van der Waals surface area contributed by atoms with Crippen molar-refractivity contribution in [2.45, 2.75) is 6.42 Å². The summed E-state index contributed by atoms with van der Waals surface area (Å²) in [5.41, 5.74) is 0. The first-order chi connectivity index (χ1) is 8.32. The summed E-state index contributed by atoms with van der Waals surface area (Å²) in [6.45, 7) is -0.480. The van der Waals surface area contributed by atoms with E-state index in [0.717, 1.165) is 4.68 Å². The lowest BCUT2D eigenvalue weighted by atomic mass is 10.4. The van der Waals surface area contributed by atoms with Gasteiger partial charge in [-0.05, 0) is 14.9 Å². The number of hydrazine groups is 1. The number of carboxylic acid groups (broad SMARTS) is 1. The molecular formula is C6H8N6O6. The van der Waals surface area contributed by atoms with E-state index in [9.17, 15) is 25.0 Å². The molecule has 0 fully saturated rings. The number of carbonyl (C=O) groups is 1. The van der Waals surface area contributed by atoms with Crippen LogP contribution in [0.3, 0.4) is 0 Å². The molecule has 0 bridgehead atoms. The number of aliphatic carboxylic acids is 1. The third-order valence-electron chi connectivity index (χ3n) is 1.86. The van der Waals surface area contributed by atoms with Crippen LogP contribution in [0, 0.1) is 20.2 Å². The van der Waals surface area contributed by atoms with Gasteiger partial charge in [-0.2, -0.15) is 4.68 Å². The van der Waals surface area contributed by atoms with Crippen molar-refractivity contribution in [1.29, 1.82) is 0 Å². The number of nitrogens with zero attached hydrogens (tertiary/aromatic N) is 6. The maximum atomic E-state index is 10.7. The van der Waals surface area contributed by atoms with Gasteiger partial charge >= 0.3 is 17.9 Å².